The molecule has 0 saturated heterocycles. The standard InChI is InChI=1S/C18H18N2O4/c1-11-4-5-15-16(6-11)20(18(21)17(15)19-22)10-12-7-13(23-2)9-14(8-12)24-3/h4-9,21H,10H2,1-3H3. The van der Waals surface area contributed by atoms with E-state index in [1.807, 2.05) is 31.2 Å². The summed E-state index contributed by atoms with van der Waals surface area (Å²) in [7, 11) is 3.16. The molecule has 24 heavy (non-hydrogen) atoms. The molecule has 0 fully saturated rings. The largest absolute Gasteiger partial charge is 0.497 e. The number of methoxy groups -OCH3 is 2. The van der Waals surface area contributed by atoms with Crippen LogP contribution in [0.3, 0.4) is 0 Å². The van der Waals surface area contributed by atoms with E-state index < -0.39 is 0 Å². The first-order valence-corrected chi connectivity index (χ1v) is 7.44. The molecule has 0 atom stereocenters. The van der Waals surface area contributed by atoms with E-state index in [1.165, 1.54) is 0 Å². The van der Waals surface area contributed by atoms with Gasteiger partial charge in [0, 0.05) is 11.5 Å². The smallest absolute Gasteiger partial charge is 0.222 e. The van der Waals surface area contributed by atoms with Gasteiger partial charge in [-0.1, -0.05) is 12.1 Å². The molecule has 124 valence electrons. The molecule has 0 bridgehead atoms. The number of aryl methyl sites for hydroxylation is 1. The predicted octanol–water partition coefficient (Wildman–Crippen LogP) is 4.12. The summed E-state index contributed by atoms with van der Waals surface area (Å²) in [5.74, 6) is 1.17. The van der Waals surface area contributed by atoms with Crippen LogP contribution in [0.2, 0.25) is 0 Å². The van der Waals surface area contributed by atoms with E-state index in [1.54, 1.807) is 30.9 Å². The predicted molar refractivity (Wildman–Crippen MR) is 92.4 cm³/mol. The van der Waals surface area contributed by atoms with Crippen LogP contribution in [-0.4, -0.2) is 23.9 Å². The Morgan fingerprint density at radius 1 is 1.08 bits per heavy atom. The van der Waals surface area contributed by atoms with Crippen LogP contribution in [0, 0.1) is 11.8 Å². The number of aromatic hydroxyl groups is 1. The molecule has 1 aromatic heterocycles. The van der Waals surface area contributed by atoms with E-state index in [9.17, 15) is 10.0 Å². The molecule has 1 heterocycles. The second-order valence-corrected chi connectivity index (χ2v) is 5.59. The van der Waals surface area contributed by atoms with Gasteiger partial charge in [0.25, 0.3) is 0 Å². The van der Waals surface area contributed by atoms with E-state index >= 15 is 0 Å². The summed E-state index contributed by atoms with van der Waals surface area (Å²) in [4.78, 5) is 11.1. The van der Waals surface area contributed by atoms with Crippen LogP contribution in [0.1, 0.15) is 11.1 Å². The number of nitroso groups, excluding NO2 is 1. The van der Waals surface area contributed by atoms with Crippen molar-refractivity contribution in [3.05, 3.63) is 52.4 Å². The van der Waals surface area contributed by atoms with E-state index in [0.717, 1.165) is 16.6 Å². The zero-order chi connectivity index (χ0) is 17.3. The fourth-order valence-electron chi connectivity index (χ4n) is 2.82. The minimum atomic E-state index is -0.146. The van der Waals surface area contributed by atoms with Gasteiger partial charge in [0.1, 0.15) is 11.5 Å². The quantitative estimate of drug-likeness (QED) is 0.716. The Morgan fingerprint density at radius 2 is 1.75 bits per heavy atom. The summed E-state index contributed by atoms with van der Waals surface area (Å²) in [6.07, 6.45) is 0. The van der Waals surface area contributed by atoms with Crippen LogP contribution in [0.25, 0.3) is 10.9 Å². The molecule has 0 aliphatic carbocycles. The number of ether oxygens (including phenoxy) is 2. The van der Waals surface area contributed by atoms with Crippen LogP contribution in [-0.2, 0) is 6.54 Å². The van der Waals surface area contributed by atoms with Gasteiger partial charge in [-0.15, -0.1) is 4.91 Å². The average Bonchev–Trinajstić information content (AvgIpc) is 2.85. The fourth-order valence-corrected chi connectivity index (χ4v) is 2.82. The van der Waals surface area contributed by atoms with Gasteiger partial charge in [0.15, 0.2) is 5.69 Å². The van der Waals surface area contributed by atoms with Crippen LogP contribution >= 0.6 is 0 Å². The van der Waals surface area contributed by atoms with Crippen molar-refractivity contribution < 1.29 is 14.6 Å². The lowest BCUT2D eigenvalue weighted by Gasteiger charge is -2.11. The summed E-state index contributed by atoms with van der Waals surface area (Å²) in [5.41, 5.74) is 2.71. The van der Waals surface area contributed by atoms with Gasteiger partial charge in [-0.3, -0.25) is 0 Å². The number of hydrogen-bond donors (Lipinski definition) is 1. The first-order valence-electron chi connectivity index (χ1n) is 7.44. The van der Waals surface area contributed by atoms with Crippen molar-refractivity contribution in [3.63, 3.8) is 0 Å². The number of nitrogens with zero attached hydrogens (tertiary/aromatic N) is 2. The molecule has 0 aliphatic rings. The highest BCUT2D eigenvalue weighted by molar-refractivity contribution is 5.95. The van der Waals surface area contributed by atoms with Crippen molar-refractivity contribution in [2.24, 2.45) is 5.18 Å². The van der Waals surface area contributed by atoms with E-state index in [0.29, 0.717) is 23.4 Å². The van der Waals surface area contributed by atoms with Crippen LogP contribution in [0.4, 0.5) is 5.69 Å². The normalized spacial score (nSPS) is 10.8. The third kappa shape index (κ3) is 2.67. The SMILES string of the molecule is COc1cc(Cn2c(O)c(N=O)c3ccc(C)cc32)cc(OC)c1. The topological polar surface area (TPSA) is 73.0 Å². The first kappa shape index (κ1) is 15.9. The molecule has 0 radical (unpaired) electrons. The second kappa shape index (κ2) is 6.23. The van der Waals surface area contributed by atoms with E-state index in [-0.39, 0.29) is 11.6 Å². The number of benzene rings is 2. The maximum absolute atomic E-state index is 11.1. The van der Waals surface area contributed by atoms with Crippen molar-refractivity contribution in [1.29, 1.82) is 0 Å². The Balaban J connectivity index is 2.15. The Bertz CT molecular complexity index is 893. The van der Waals surface area contributed by atoms with Crippen molar-refractivity contribution in [1.82, 2.24) is 4.57 Å². The summed E-state index contributed by atoms with van der Waals surface area (Å²) >= 11 is 0. The summed E-state index contributed by atoms with van der Waals surface area (Å²) in [6, 6.07) is 11.1. The molecule has 0 saturated carbocycles. The molecule has 3 rings (SSSR count). The lowest BCUT2D eigenvalue weighted by Crippen LogP contribution is -2.00. The lowest BCUT2D eigenvalue weighted by atomic mass is 10.1. The minimum Gasteiger partial charge on any atom is -0.497 e. The minimum absolute atomic E-state index is 0.0554. The van der Waals surface area contributed by atoms with Crippen LogP contribution < -0.4 is 9.47 Å². The summed E-state index contributed by atoms with van der Waals surface area (Å²) < 4.78 is 12.2. The molecule has 6 nitrogen and oxygen atoms in total. The average molecular weight is 326 g/mol. The molecule has 0 amide bonds. The van der Waals surface area contributed by atoms with Crippen molar-refractivity contribution in [2.45, 2.75) is 13.5 Å². The highest BCUT2D eigenvalue weighted by Crippen LogP contribution is 2.39. The van der Waals surface area contributed by atoms with Crippen molar-refractivity contribution in [3.8, 4) is 17.4 Å². The third-order valence-corrected chi connectivity index (χ3v) is 4.01. The third-order valence-electron chi connectivity index (χ3n) is 4.01. The van der Waals surface area contributed by atoms with Gasteiger partial charge in [0.2, 0.25) is 5.88 Å². The molecule has 0 unspecified atom stereocenters. The monoisotopic (exact) mass is 326 g/mol. The zero-order valence-electron chi connectivity index (χ0n) is 13.7. The van der Waals surface area contributed by atoms with Gasteiger partial charge in [-0.25, -0.2) is 0 Å². The molecule has 6 heteroatoms. The van der Waals surface area contributed by atoms with Gasteiger partial charge >= 0.3 is 0 Å². The fraction of sp³-hybridized carbons (Fsp3) is 0.222. The Kier molecular flexibility index (Phi) is 4.12. The molecule has 2 aromatic carbocycles. The second-order valence-electron chi connectivity index (χ2n) is 5.59. The van der Waals surface area contributed by atoms with Gasteiger partial charge < -0.3 is 19.1 Å². The highest BCUT2D eigenvalue weighted by Gasteiger charge is 2.18. The molecule has 3 aromatic rings. The van der Waals surface area contributed by atoms with Crippen molar-refractivity contribution >= 4 is 16.6 Å². The summed E-state index contributed by atoms with van der Waals surface area (Å²) in [6.45, 7) is 2.31. The van der Waals surface area contributed by atoms with E-state index in [2.05, 4.69) is 5.18 Å². The summed E-state index contributed by atoms with van der Waals surface area (Å²) in [5, 5.41) is 14.0. The van der Waals surface area contributed by atoms with Gasteiger partial charge in [-0.2, -0.15) is 0 Å². The molecule has 0 spiro atoms. The Hall–Kier alpha value is -3.02. The Labute approximate surface area is 139 Å². The Morgan fingerprint density at radius 3 is 2.33 bits per heavy atom. The number of rotatable bonds is 5. The number of aromatic nitrogens is 1. The van der Waals surface area contributed by atoms with Crippen LogP contribution in [0.5, 0.6) is 17.4 Å². The zero-order valence-corrected chi connectivity index (χ0v) is 13.7. The van der Waals surface area contributed by atoms with E-state index in [4.69, 9.17) is 9.47 Å². The highest BCUT2D eigenvalue weighted by atomic mass is 16.5. The van der Waals surface area contributed by atoms with Gasteiger partial charge in [0.05, 0.1) is 26.3 Å². The van der Waals surface area contributed by atoms with Crippen LogP contribution in [0.15, 0.2) is 41.6 Å². The van der Waals surface area contributed by atoms with Crippen molar-refractivity contribution in [2.75, 3.05) is 14.2 Å². The van der Waals surface area contributed by atoms with Gasteiger partial charge in [-0.05, 0) is 41.4 Å². The maximum Gasteiger partial charge on any atom is 0.222 e. The molecule has 1 N–H and O–H groups in total. The number of hydrogen-bond acceptors (Lipinski definition) is 5. The molecule has 0 aliphatic heterocycles. The first-order chi connectivity index (χ1) is 11.6. The number of fused-ring (bicyclic) bond motifs is 1. The lowest BCUT2D eigenvalue weighted by molar-refractivity contribution is 0.392. The molecular formula is C18H18N2O4. The maximum atomic E-state index is 11.1. The molecular weight excluding hydrogens is 308 g/mol.